The van der Waals surface area contributed by atoms with Gasteiger partial charge in [-0.05, 0) is 49.4 Å². The Kier molecular flexibility index (Phi) is 7.63. The molecule has 0 fully saturated rings. The van der Waals surface area contributed by atoms with Gasteiger partial charge in [0.05, 0.1) is 33.3 Å². The molecule has 0 aliphatic rings. The number of anilines is 4. The van der Waals surface area contributed by atoms with Crippen LogP contribution in [0, 0.1) is 23.0 Å². The van der Waals surface area contributed by atoms with E-state index in [1.54, 1.807) is 43.3 Å². The average Bonchev–Trinajstić information content (AvgIpc) is 2.94. The fraction of sp³-hybridized carbons (Fsp3) is 0.0714. The predicted molar refractivity (Wildman–Crippen MR) is 155 cm³/mol. The first-order valence-electron chi connectivity index (χ1n) is 12.3. The van der Waals surface area contributed by atoms with Gasteiger partial charge in [0.2, 0.25) is 0 Å². The van der Waals surface area contributed by atoms with Gasteiger partial charge in [-0.3, -0.25) is 9.36 Å². The van der Waals surface area contributed by atoms with Gasteiger partial charge in [-0.15, -0.1) is 0 Å². The lowest BCUT2D eigenvalue weighted by atomic mass is 10.2. The van der Waals surface area contributed by atoms with Crippen LogP contribution >= 0.6 is 11.6 Å². The molecule has 3 aromatic carbocycles. The number of amides is 2. The first-order valence-corrected chi connectivity index (χ1v) is 12.7. The van der Waals surface area contributed by atoms with Crippen molar-refractivity contribution in [3.05, 3.63) is 105 Å². The van der Waals surface area contributed by atoms with E-state index < -0.39 is 29.3 Å². The second kappa shape index (κ2) is 11.5. The summed E-state index contributed by atoms with van der Waals surface area (Å²) in [5.41, 5.74) is 6.03. The number of nitrogens with zero attached hydrogens (tertiary/aromatic N) is 5. The normalized spacial score (nSPS) is 11.5. The highest BCUT2D eigenvalue weighted by Crippen LogP contribution is 2.27. The highest BCUT2D eigenvalue weighted by atomic mass is 35.5. The van der Waals surface area contributed by atoms with Crippen molar-refractivity contribution < 1.29 is 13.6 Å². The minimum absolute atomic E-state index is 0.0181. The van der Waals surface area contributed by atoms with Crippen molar-refractivity contribution in [1.29, 1.82) is 5.26 Å². The van der Waals surface area contributed by atoms with Crippen LogP contribution in [0.5, 0.6) is 0 Å². The Morgan fingerprint density at radius 2 is 1.88 bits per heavy atom. The van der Waals surface area contributed by atoms with E-state index in [4.69, 9.17) is 22.3 Å². The number of benzene rings is 3. The zero-order valence-corrected chi connectivity index (χ0v) is 22.4. The summed E-state index contributed by atoms with van der Waals surface area (Å²) in [6.45, 7) is 1.71. The van der Waals surface area contributed by atoms with Crippen molar-refractivity contribution in [3.63, 3.8) is 0 Å². The number of rotatable bonds is 6. The molecule has 5 rings (SSSR count). The second-order valence-corrected chi connectivity index (χ2v) is 9.37. The van der Waals surface area contributed by atoms with E-state index in [9.17, 15) is 23.6 Å². The van der Waals surface area contributed by atoms with Gasteiger partial charge in [0.15, 0.2) is 0 Å². The van der Waals surface area contributed by atoms with Crippen molar-refractivity contribution in [2.75, 3.05) is 21.7 Å². The first kappa shape index (κ1) is 27.9. The molecular weight excluding hydrogens is 568 g/mol. The summed E-state index contributed by atoms with van der Waals surface area (Å²) in [7, 11) is 0. The van der Waals surface area contributed by atoms with Crippen molar-refractivity contribution >= 4 is 51.5 Å². The number of halogens is 3. The topological polar surface area (TPSA) is 164 Å². The Bertz CT molecular complexity index is 1960. The molecule has 42 heavy (non-hydrogen) atoms. The predicted octanol–water partition coefficient (Wildman–Crippen LogP) is 5.38. The number of hydrogen-bond donors (Lipinski definition) is 4. The second-order valence-electron chi connectivity index (χ2n) is 8.96. The smallest absolute Gasteiger partial charge is 0.323 e. The van der Waals surface area contributed by atoms with Gasteiger partial charge in [-0.2, -0.15) is 5.26 Å². The van der Waals surface area contributed by atoms with E-state index >= 15 is 0 Å². The number of nitriles is 1. The Morgan fingerprint density at radius 3 is 2.64 bits per heavy atom. The molecule has 1 atom stereocenters. The third-order valence-electron chi connectivity index (χ3n) is 6.14. The molecular formula is C28H20ClF2N9O2. The number of fused-ring (bicyclic) bond motifs is 1. The van der Waals surface area contributed by atoms with Gasteiger partial charge in [0, 0.05) is 11.8 Å². The van der Waals surface area contributed by atoms with Crippen LogP contribution in [0.15, 0.2) is 71.8 Å². The Hall–Kier alpha value is -5.61. The molecule has 0 spiro atoms. The Balaban J connectivity index is 1.56. The zero-order valence-electron chi connectivity index (χ0n) is 21.7. The van der Waals surface area contributed by atoms with Gasteiger partial charge in [-0.25, -0.2) is 28.5 Å². The molecule has 14 heteroatoms. The molecule has 0 aliphatic heterocycles. The highest BCUT2D eigenvalue weighted by Gasteiger charge is 2.22. The minimum atomic E-state index is -0.944. The number of carbonyl (C=O) groups is 1. The molecule has 2 heterocycles. The Morgan fingerprint density at radius 1 is 1.10 bits per heavy atom. The maximum atomic E-state index is 14.0. The zero-order chi connectivity index (χ0) is 30.0. The molecule has 0 bridgehead atoms. The molecule has 210 valence electrons. The van der Waals surface area contributed by atoms with Gasteiger partial charge >= 0.3 is 6.03 Å². The van der Waals surface area contributed by atoms with Crippen LogP contribution in [0.3, 0.4) is 0 Å². The van der Waals surface area contributed by atoms with Crippen LogP contribution in [0.25, 0.3) is 16.6 Å². The number of hydrogen-bond acceptors (Lipinski definition) is 8. The quantitative estimate of drug-likeness (QED) is 0.206. The molecule has 5 N–H and O–H groups in total. The SMILES string of the molecule is CC(Nc1ncnc(N)c1C#N)c1nc2cccc(Cl)c2c(=O)n1-c1cccc(NC(=O)Nc2ccc(F)cc2F)c1. The van der Waals surface area contributed by atoms with Gasteiger partial charge in [0.1, 0.15) is 47.1 Å². The third kappa shape index (κ3) is 5.51. The summed E-state index contributed by atoms with van der Waals surface area (Å²) in [6.07, 6.45) is 1.20. The maximum absolute atomic E-state index is 14.0. The summed E-state index contributed by atoms with van der Waals surface area (Å²) in [4.78, 5) is 39.1. The van der Waals surface area contributed by atoms with E-state index in [-0.39, 0.29) is 44.8 Å². The van der Waals surface area contributed by atoms with Crippen LogP contribution in [-0.4, -0.2) is 25.6 Å². The summed E-state index contributed by atoms with van der Waals surface area (Å²) >= 11 is 6.38. The molecule has 2 amide bonds. The Labute approximate surface area is 241 Å². The highest BCUT2D eigenvalue weighted by molar-refractivity contribution is 6.35. The molecule has 2 aromatic heterocycles. The van der Waals surface area contributed by atoms with E-state index in [1.165, 1.54) is 17.0 Å². The lowest BCUT2D eigenvalue weighted by Crippen LogP contribution is -2.28. The standard InChI is InChI=1S/C28H20ClF2N9O2/c1-14(36-25-18(12-32)24(33)34-13-35-25)26-38-22-7-3-6-19(29)23(22)27(41)40(26)17-5-2-4-16(11-17)37-28(42)39-21-9-8-15(30)10-20(21)31/h2-11,13-14H,1H3,(H2,37,39,42)(H3,33,34,35,36). The van der Waals surface area contributed by atoms with Crippen LogP contribution in [0.4, 0.5) is 36.6 Å². The van der Waals surface area contributed by atoms with Gasteiger partial charge < -0.3 is 21.7 Å². The van der Waals surface area contributed by atoms with Crippen molar-refractivity contribution in [3.8, 4) is 11.8 Å². The number of nitrogens with one attached hydrogen (secondary N) is 3. The van der Waals surface area contributed by atoms with Crippen molar-refractivity contribution in [2.45, 2.75) is 13.0 Å². The molecule has 11 nitrogen and oxygen atoms in total. The van der Waals surface area contributed by atoms with Crippen molar-refractivity contribution in [2.24, 2.45) is 0 Å². The lowest BCUT2D eigenvalue weighted by molar-refractivity contribution is 0.262. The van der Waals surface area contributed by atoms with Crippen molar-refractivity contribution in [1.82, 2.24) is 19.5 Å². The summed E-state index contributed by atoms with van der Waals surface area (Å²) in [5, 5.41) is 17.8. The van der Waals surface area contributed by atoms with Gasteiger partial charge in [-0.1, -0.05) is 23.7 Å². The number of nitrogens with two attached hydrogens (primary N) is 1. The summed E-state index contributed by atoms with van der Waals surface area (Å²) in [5.74, 6) is -1.38. The first-order chi connectivity index (χ1) is 20.2. The maximum Gasteiger partial charge on any atom is 0.323 e. The van der Waals surface area contributed by atoms with Crippen LogP contribution in [0.1, 0.15) is 24.4 Å². The summed E-state index contributed by atoms with van der Waals surface area (Å²) < 4.78 is 28.5. The van der Waals surface area contributed by atoms with Crippen LogP contribution < -0.4 is 27.2 Å². The number of nitrogen functional groups attached to an aromatic ring is 1. The van der Waals surface area contributed by atoms with E-state index in [1.807, 2.05) is 6.07 Å². The number of urea groups is 1. The number of aromatic nitrogens is 4. The largest absolute Gasteiger partial charge is 0.382 e. The van der Waals surface area contributed by atoms with Crippen LogP contribution in [-0.2, 0) is 0 Å². The molecule has 5 aromatic rings. The molecule has 0 saturated carbocycles. The van der Waals surface area contributed by atoms with E-state index in [0.717, 1.165) is 12.1 Å². The summed E-state index contributed by atoms with van der Waals surface area (Å²) in [6, 6.07) is 14.3. The lowest BCUT2D eigenvalue weighted by Gasteiger charge is -2.21. The minimum Gasteiger partial charge on any atom is -0.382 e. The molecule has 0 radical (unpaired) electrons. The number of carbonyl (C=O) groups excluding carboxylic acids is 1. The fourth-order valence-corrected chi connectivity index (χ4v) is 4.48. The fourth-order valence-electron chi connectivity index (χ4n) is 4.23. The van der Waals surface area contributed by atoms with E-state index in [0.29, 0.717) is 17.3 Å². The van der Waals surface area contributed by atoms with Crippen LogP contribution in [0.2, 0.25) is 5.02 Å². The monoisotopic (exact) mass is 587 g/mol. The molecule has 0 aliphatic carbocycles. The third-order valence-corrected chi connectivity index (χ3v) is 6.46. The van der Waals surface area contributed by atoms with E-state index in [2.05, 4.69) is 25.9 Å². The van der Waals surface area contributed by atoms with Gasteiger partial charge in [0.25, 0.3) is 5.56 Å². The molecule has 0 saturated heterocycles. The average molecular weight is 588 g/mol. The molecule has 1 unspecified atom stereocenters.